The molecule has 0 amide bonds. The molecule has 106 valence electrons. The Morgan fingerprint density at radius 1 is 1.40 bits per heavy atom. The van der Waals surface area contributed by atoms with E-state index in [-0.39, 0.29) is 5.56 Å². The van der Waals surface area contributed by atoms with Crippen molar-refractivity contribution in [2.75, 3.05) is 25.6 Å². The fourth-order valence-corrected chi connectivity index (χ4v) is 1.71. The van der Waals surface area contributed by atoms with Gasteiger partial charge in [0.2, 0.25) is 11.8 Å². The highest BCUT2D eigenvalue weighted by Gasteiger charge is 2.08. The number of aryl methyl sites for hydroxylation is 1. The molecule has 20 heavy (non-hydrogen) atoms. The summed E-state index contributed by atoms with van der Waals surface area (Å²) in [6, 6.07) is 3.16. The molecule has 2 rings (SSSR count). The van der Waals surface area contributed by atoms with Crippen LogP contribution in [0.25, 0.3) is 0 Å². The third kappa shape index (κ3) is 3.53. The van der Waals surface area contributed by atoms with Crippen LogP contribution in [0, 0.1) is 6.92 Å². The molecule has 0 radical (unpaired) electrons. The van der Waals surface area contributed by atoms with Gasteiger partial charge in [0.25, 0.3) is 5.56 Å². The van der Waals surface area contributed by atoms with Crippen molar-refractivity contribution in [2.24, 2.45) is 0 Å². The van der Waals surface area contributed by atoms with Gasteiger partial charge in [-0.3, -0.25) is 4.79 Å². The molecule has 2 aromatic rings. The molecule has 1 N–H and O–H groups in total. The van der Waals surface area contributed by atoms with Crippen LogP contribution in [0.15, 0.2) is 23.1 Å². The minimum absolute atomic E-state index is 0.147. The smallest absolute Gasteiger partial charge is 0.250 e. The first-order valence-corrected chi connectivity index (χ1v) is 6.23. The predicted molar refractivity (Wildman–Crippen MR) is 75.2 cm³/mol. The Kier molecular flexibility index (Phi) is 4.29. The van der Waals surface area contributed by atoms with Crippen LogP contribution >= 0.6 is 0 Å². The lowest BCUT2D eigenvalue weighted by molar-refractivity contribution is 0.396. The number of H-pyrrole nitrogens is 1. The topological polar surface area (TPSA) is 84.0 Å². The summed E-state index contributed by atoms with van der Waals surface area (Å²) in [4.78, 5) is 28.5. The van der Waals surface area contributed by atoms with E-state index in [9.17, 15) is 4.79 Å². The summed E-state index contributed by atoms with van der Waals surface area (Å²) in [5.74, 6) is 1.76. The zero-order valence-electron chi connectivity index (χ0n) is 11.8. The van der Waals surface area contributed by atoms with Gasteiger partial charge in [0.15, 0.2) is 0 Å². The molecule has 0 aliphatic heterocycles. The number of nitrogens with zero attached hydrogens (tertiary/aromatic N) is 4. The van der Waals surface area contributed by atoms with E-state index in [1.807, 2.05) is 18.9 Å². The van der Waals surface area contributed by atoms with Gasteiger partial charge in [-0.05, 0) is 6.92 Å². The monoisotopic (exact) mass is 275 g/mol. The minimum atomic E-state index is -0.147. The maximum atomic E-state index is 11.2. The fourth-order valence-electron chi connectivity index (χ4n) is 1.71. The zero-order chi connectivity index (χ0) is 14.5. The Morgan fingerprint density at radius 3 is 2.90 bits per heavy atom. The predicted octanol–water partition coefficient (Wildman–Crippen LogP) is 0.556. The molecule has 0 atom stereocenters. The molecule has 2 heterocycles. The lowest BCUT2D eigenvalue weighted by Gasteiger charge is -2.17. The Morgan fingerprint density at radius 2 is 2.20 bits per heavy atom. The number of ether oxygens (including phenoxy) is 1. The molecule has 0 unspecified atom stereocenters. The average Bonchev–Trinajstić information content (AvgIpc) is 2.44. The molecule has 0 spiro atoms. The number of aromatic nitrogens is 4. The van der Waals surface area contributed by atoms with Crippen molar-refractivity contribution >= 4 is 5.95 Å². The van der Waals surface area contributed by atoms with Crippen LogP contribution in [0.1, 0.15) is 11.5 Å². The van der Waals surface area contributed by atoms with Gasteiger partial charge in [-0.2, -0.15) is 4.98 Å². The molecule has 2 aromatic heterocycles. The Balaban J connectivity index is 2.06. The first-order chi connectivity index (χ1) is 9.58. The van der Waals surface area contributed by atoms with Gasteiger partial charge in [0, 0.05) is 44.0 Å². The van der Waals surface area contributed by atoms with Crippen molar-refractivity contribution in [1.82, 2.24) is 19.9 Å². The second-order valence-corrected chi connectivity index (χ2v) is 4.40. The van der Waals surface area contributed by atoms with E-state index in [0.29, 0.717) is 30.6 Å². The van der Waals surface area contributed by atoms with Crippen LogP contribution < -0.4 is 15.2 Å². The fraction of sp³-hybridized carbons (Fsp3) is 0.385. The molecule has 7 heteroatoms. The SMILES string of the molecule is COc1cc(C)nc(N(C)CCc2nccc(=O)[nH]2)n1. The highest BCUT2D eigenvalue weighted by molar-refractivity contribution is 5.33. The molecular weight excluding hydrogens is 258 g/mol. The number of rotatable bonds is 5. The largest absolute Gasteiger partial charge is 0.481 e. The molecule has 0 aromatic carbocycles. The average molecular weight is 275 g/mol. The molecule has 0 bridgehead atoms. The molecular formula is C13H17N5O2. The van der Waals surface area contributed by atoms with E-state index in [0.717, 1.165) is 5.69 Å². The summed E-state index contributed by atoms with van der Waals surface area (Å²) < 4.78 is 5.13. The summed E-state index contributed by atoms with van der Waals surface area (Å²) in [6.07, 6.45) is 2.10. The van der Waals surface area contributed by atoms with E-state index in [1.165, 1.54) is 12.3 Å². The Labute approximate surface area is 116 Å². The van der Waals surface area contributed by atoms with Gasteiger partial charge >= 0.3 is 0 Å². The third-order valence-electron chi connectivity index (χ3n) is 2.78. The van der Waals surface area contributed by atoms with Gasteiger partial charge in [-0.25, -0.2) is 9.97 Å². The van der Waals surface area contributed by atoms with E-state index < -0.39 is 0 Å². The summed E-state index contributed by atoms with van der Waals surface area (Å²) in [6.45, 7) is 2.53. The minimum Gasteiger partial charge on any atom is -0.481 e. The third-order valence-corrected chi connectivity index (χ3v) is 2.78. The summed E-state index contributed by atoms with van der Waals surface area (Å²) >= 11 is 0. The quantitative estimate of drug-likeness (QED) is 0.858. The molecule has 7 nitrogen and oxygen atoms in total. The van der Waals surface area contributed by atoms with Crippen LogP contribution in [-0.4, -0.2) is 40.6 Å². The van der Waals surface area contributed by atoms with Crippen LogP contribution in [0.3, 0.4) is 0 Å². The van der Waals surface area contributed by atoms with E-state index in [2.05, 4.69) is 19.9 Å². The molecule has 0 aliphatic rings. The van der Waals surface area contributed by atoms with Crippen molar-refractivity contribution in [1.29, 1.82) is 0 Å². The maximum absolute atomic E-state index is 11.2. The van der Waals surface area contributed by atoms with E-state index in [4.69, 9.17) is 4.74 Å². The molecule has 0 saturated heterocycles. The lowest BCUT2D eigenvalue weighted by Crippen LogP contribution is -2.24. The van der Waals surface area contributed by atoms with Crippen LogP contribution in [0.2, 0.25) is 0 Å². The van der Waals surface area contributed by atoms with Gasteiger partial charge < -0.3 is 14.6 Å². The van der Waals surface area contributed by atoms with Crippen molar-refractivity contribution in [3.05, 3.63) is 40.2 Å². The highest BCUT2D eigenvalue weighted by atomic mass is 16.5. The van der Waals surface area contributed by atoms with Crippen LogP contribution in [-0.2, 0) is 6.42 Å². The number of aromatic amines is 1. The second-order valence-electron chi connectivity index (χ2n) is 4.40. The standard InChI is InChI=1S/C13H17N5O2/c1-9-8-12(20-3)17-13(15-9)18(2)7-5-10-14-6-4-11(19)16-10/h4,6,8H,5,7H2,1-3H3,(H,14,16,19). The number of nitrogens with one attached hydrogen (secondary N) is 1. The highest BCUT2D eigenvalue weighted by Crippen LogP contribution is 2.14. The lowest BCUT2D eigenvalue weighted by atomic mass is 10.3. The first kappa shape index (κ1) is 14.0. The number of hydrogen-bond donors (Lipinski definition) is 1. The molecule has 0 fully saturated rings. The molecule has 0 saturated carbocycles. The number of anilines is 1. The van der Waals surface area contributed by atoms with E-state index in [1.54, 1.807) is 13.2 Å². The number of hydrogen-bond acceptors (Lipinski definition) is 6. The maximum Gasteiger partial charge on any atom is 0.250 e. The number of methoxy groups -OCH3 is 1. The van der Waals surface area contributed by atoms with Crippen molar-refractivity contribution in [3.8, 4) is 5.88 Å². The van der Waals surface area contributed by atoms with Crippen LogP contribution in [0.4, 0.5) is 5.95 Å². The van der Waals surface area contributed by atoms with Gasteiger partial charge in [-0.1, -0.05) is 0 Å². The van der Waals surface area contributed by atoms with Crippen molar-refractivity contribution < 1.29 is 4.74 Å². The normalized spacial score (nSPS) is 10.3. The zero-order valence-corrected chi connectivity index (χ0v) is 11.8. The Bertz CT molecular complexity index is 641. The Hall–Kier alpha value is -2.44. The van der Waals surface area contributed by atoms with Crippen molar-refractivity contribution in [3.63, 3.8) is 0 Å². The van der Waals surface area contributed by atoms with Gasteiger partial charge in [0.05, 0.1) is 7.11 Å². The molecule has 0 aliphatic carbocycles. The van der Waals surface area contributed by atoms with Gasteiger partial charge in [-0.15, -0.1) is 0 Å². The van der Waals surface area contributed by atoms with Gasteiger partial charge in [0.1, 0.15) is 5.82 Å². The van der Waals surface area contributed by atoms with E-state index >= 15 is 0 Å². The van der Waals surface area contributed by atoms with Crippen molar-refractivity contribution in [2.45, 2.75) is 13.3 Å². The number of likely N-dealkylation sites (N-methyl/N-ethyl adjacent to an activating group) is 1. The first-order valence-electron chi connectivity index (χ1n) is 6.23. The van der Waals surface area contributed by atoms with Crippen LogP contribution in [0.5, 0.6) is 5.88 Å². The second kappa shape index (κ2) is 6.14. The summed E-state index contributed by atoms with van der Waals surface area (Å²) in [5, 5.41) is 0. The summed E-state index contributed by atoms with van der Waals surface area (Å²) in [7, 11) is 3.46. The summed E-state index contributed by atoms with van der Waals surface area (Å²) in [5.41, 5.74) is 0.691.